The summed E-state index contributed by atoms with van der Waals surface area (Å²) < 4.78 is 5.48. The number of carbonyl (C=O) groups excluding carboxylic acids is 3. The second-order valence-corrected chi connectivity index (χ2v) is 13.8. The third-order valence-electron chi connectivity index (χ3n) is 8.09. The maximum atomic E-state index is 13.9. The summed E-state index contributed by atoms with van der Waals surface area (Å²) in [6.07, 6.45) is 4.81. The van der Waals surface area contributed by atoms with Gasteiger partial charge in [0.1, 0.15) is 12.6 Å². The minimum absolute atomic E-state index is 0.142. The van der Waals surface area contributed by atoms with Crippen LogP contribution >= 0.6 is 22.7 Å². The van der Waals surface area contributed by atoms with Gasteiger partial charge in [-0.05, 0) is 49.1 Å². The molecule has 5 rings (SSSR count). The van der Waals surface area contributed by atoms with Gasteiger partial charge in [-0.25, -0.2) is 14.6 Å². The van der Waals surface area contributed by atoms with E-state index >= 15 is 0 Å². The van der Waals surface area contributed by atoms with Crippen LogP contribution in [-0.4, -0.2) is 51.0 Å². The molecule has 2 aromatic heterocycles. The first-order valence-electron chi connectivity index (χ1n) is 16.0. The van der Waals surface area contributed by atoms with Crippen LogP contribution in [0.15, 0.2) is 83.3 Å². The number of rotatable bonds is 16. The maximum absolute atomic E-state index is 13.9. The monoisotopic (exact) mass is 674 g/mol. The minimum atomic E-state index is -0.731. The number of ether oxygens (including phenoxy) is 1. The number of carbonyl (C=O) groups is 3. The van der Waals surface area contributed by atoms with Crippen molar-refractivity contribution in [2.75, 3.05) is 0 Å². The van der Waals surface area contributed by atoms with Gasteiger partial charge in [-0.3, -0.25) is 9.78 Å². The van der Waals surface area contributed by atoms with E-state index in [1.807, 2.05) is 79.9 Å². The maximum Gasteiger partial charge on any atom is 0.407 e. The molecular weight excluding hydrogens is 633 g/mol. The fourth-order valence-electron chi connectivity index (χ4n) is 5.41. The molecular formula is C35H42N6O4S2. The lowest BCUT2D eigenvalue weighted by molar-refractivity contribution is -0.124. The van der Waals surface area contributed by atoms with Gasteiger partial charge in [-0.1, -0.05) is 74.5 Å². The molecule has 0 spiro atoms. The molecule has 2 aromatic carbocycles. The molecule has 4 amide bonds. The van der Waals surface area contributed by atoms with Gasteiger partial charge < -0.3 is 25.6 Å². The molecule has 3 atom stereocenters. The predicted octanol–water partition coefficient (Wildman–Crippen LogP) is 6.47. The zero-order valence-electron chi connectivity index (χ0n) is 26.7. The Morgan fingerprint density at radius 3 is 2.34 bits per heavy atom. The number of nitrogens with zero attached hydrogens (tertiary/aromatic N) is 3. The van der Waals surface area contributed by atoms with Crippen LogP contribution in [0, 0.1) is 5.92 Å². The second-order valence-electron chi connectivity index (χ2n) is 12.1. The molecule has 0 unspecified atom stereocenters. The summed E-state index contributed by atoms with van der Waals surface area (Å²) in [6.45, 7) is 4.44. The van der Waals surface area contributed by atoms with Crippen LogP contribution in [0.2, 0.25) is 0 Å². The number of hydrogen-bond acceptors (Lipinski definition) is 8. The molecule has 12 heteroatoms. The summed E-state index contributed by atoms with van der Waals surface area (Å²) in [5.74, 6) is -0.389. The third-order valence-corrected chi connectivity index (χ3v) is 9.48. The Morgan fingerprint density at radius 1 is 0.957 bits per heavy atom. The zero-order chi connectivity index (χ0) is 33.0. The van der Waals surface area contributed by atoms with E-state index in [9.17, 15) is 14.4 Å². The SMILES string of the molecule is CC(C)[C@H](NC(=O)N(Cc1cscn1)C1CC1)C(=O)N[C@H](CC[C@H](Cc1ccccc1)NC(=O)OCc1cncs1)c1ccccc1. The van der Waals surface area contributed by atoms with E-state index in [1.165, 1.54) is 22.7 Å². The molecule has 3 N–H and O–H groups in total. The highest BCUT2D eigenvalue weighted by Crippen LogP contribution is 2.29. The number of thiazole rings is 2. The topological polar surface area (TPSA) is 126 Å². The van der Waals surface area contributed by atoms with Crippen molar-refractivity contribution in [3.63, 3.8) is 0 Å². The molecule has 0 radical (unpaired) electrons. The van der Waals surface area contributed by atoms with E-state index in [-0.39, 0.29) is 42.6 Å². The second kappa shape index (κ2) is 17.0. The summed E-state index contributed by atoms with van der Waals surface area (Å²) in [7, 11) is 0. The van der Waals surface area contributed by atoms with Crippen LogP contribution < -0.4 is 16.0 Å². The molecule has 248 valence electrons. The molecule has 0 bridgehead atoms. The lowest BCUT2D eigenvalue weighted by Gasteiger charge is -2.30. The largest absolute Gasteiger partial charge is 0.444 e. The Balaban J connectivity index is 1.26. The summed E-state index contributed by atoms with van der Waals surface area (Å²) in [4.78, 5) is 51.3. The first-order valence-corrected chi connectivity index (χ1v) is 17.8. The van der Waals surface area contributed by atoms with Crippen molar-refractivity contribution in [2.45, 2.75) is 83.3 Å². The quantitative estimate of drug-likeness (QED) is 0.125. The lowest BCUT2D eigenvalue weighted by atomic mass is 9.95. The number of benzene rings is 2. The van der Waals surface area contributed by atoms with Crippen molar-refractivity contribution in [1.82, 2.24) is 30.8 Å². The highest BCUT2D eigenvalue weighted by molar-refractivity contribution is 7.09. The van der Waals surface area contributed by atoms with Crippen LogP contribution in [0.3, 0.4) is 0 Å². The molecule has 0 saturated heterocycles. The Kier molecular flexibility index (Phi) is 12.3. The van der Waals surface area contributed by atoms with Gasteiger partial charge in [0.25, 0.3) is 0 Å². The molecule has 1 aliphatic rings. The predicted molar refractivity (Wildman–Crippen MR) is 184 cm³/mol. The van der Waals surface area contributed by atoms with Crippen LogP contribution in [-0.2, 0) is 29.1 Å². The Bertz CT molecular complexity index is 1530. The van der Waals surface area contributed by atoms with E-state index in [0.717, 1.165) is 34.5 Å². The van der Waals surface area contributed by atoms with E-state index in [2.05, 4.69) is 25.9 Å². The van der Waals surface area contributed by atoms with Crippen molar-refractivity contribution in [3.05, 3.63) is 105 Å². The molecule has 1 fully saturated rings. The molecule has 2 heterocycles. The first-order chi connectivity index (χ1) is 22.9. The van der Waals surface area contributed by atoms with Crippen molar-refractivity contribution in [1.29, 1.82) is 0 Å². The number of amides is 4. The van der Waals surface area contributed by atoms with Gasteiger partial charge >= 0.3 is 12.1 Å². The lowest BCUT2D eigenvalue weighted by Crippen LogP contribution is -2.54. The number of alkyl carbamates (subject to hydrolysis) is 1. The number of hydrogen-bond donors (Lipinski definition) is 3. The first kappa shape index (κ1) is 34.1. The highest BCUT2D eigenvalue weighted by Gasteiger charge is 2.36. The fraction of sp³-hybridized carbons (Fsp3) is 0.400. The van der Waals surface area contributed by atoms with Crippen molar-refractivity contribution in [2.24, 2.45) is 5.92 Å². The van der Waals surface area contributed by atoms with E-state index in [1.54, 1.807) is 22.1 Å². The van der Waals surface area contributed by atoms with E-state index in [4.69, 9.17) is 4.74 Å². The van der Waals surface area contributed by atoms with E-state index in [0.29, 0.717) is 25.8 Å². The number of aromatic nitrogens is 2. The summed E-state index contributed by atoms with van der Waals surface area (Å²) >= 11 is 2.93. The standard InChI is InChI=1S/C35H42N6O4S2/c1-24(2)32(40-34(43)41(29-14-15-29)19-28-21-46-23-37-28)33(42)39-31(26-11-7-4-8-12-26)16-13-27(17-25-9-5-3-6-10-25)38-35(44)45-20-30-18-36-22-47-30/h3-12,18,21-24,27,29,31-32H,13-17,19-20H2,1-2H3,(H,38,44)(H,39,42)(H,40,43)/t27-,31-,32+/m1/s1. The van der Waals surface area contributed by atoms with Crippen molar-refractivity contribution < 1.29 is 19.1 Å². The van der Waals surface area contributed by atoms with Gasteiger partial charge in [-0.15, -0.1) is 22.7 Å². The smallest absolute Gasteiger partial charge is 0.407 e. The van der Waals surface area contributed by atoms with Crippen molar-refractivity contribution in [3.8, 4) is 0 Å². The van der Waals surface area contributed by atoms with Crippen LogP contribution in [0.25, 0.3) is 0 Å². The third kappa shape index (κ3) is 10.6. The highest BCUT2D eigenvalue weighted by atomic mass is 32.1. The number of nitrogens with one attached hydrogen (secondary N) is 3. The fourth-order valence-corrected chi connectivity index (χ4v) is 6.47. The van der Waals surface area contributed by atoms with Crippen LogP contribution in [0.4, 0.5) is 9.59 Å². The van der Waals surface area contributed by atoms with Gasteiger partial charge in [0, 0.05) is 23.7 Å². The molecule has 0 aliphatic heterocycles. The minimum Gasteiger partial charge on any atom is -0.444 e. The molecule has 47 heavy (non-hydrogen) atoms. The Morgan fingerprint density at radius 2 is 1.70 bits per heavy atom. The zero-order valence-corrected chi connectivity index (χ0v) is 28.3. The van der Waals surface area contributed by atoms with Gasteiger partial charge in [0.15, 0.2) is 0 Å². The average molecular weight is 675 g/mol. The van der Waals surface area contributed by atoms with Gasteiger partial charge in [0.2, 0.25) is 5.91 Å². The molecule has 1 saturated carbocycles. The number of urea groups is 1. The van der Waals surface area contributed by atoms with Crippen LogP contribution in [0.1, 0.15) is 67.3 Å². The molecule has 10 nitrogen and oxygen atoms in total. The normalized spacial score (nSPS) is 14.5. The summed E-state index contributed by atoms with van der Waals surface area (Å²) in [6, 6.07) is 18.4. The van der Waals surface area contributed by atoms with Gasteiger partial charge in [0.05, 0.1) is 34.2 Å². The van der Waals surface area contributed by atoms with E-state index < -0.39 is 12.1 Å². The van der Waals surface area contributed by atoms with Gasteiger partial charge in [-0.2, -0.15) is 0 Å². The molecule has 4 aromatic rings. The average Bonchev–Trinajstić information content (AvgIpc) is 3.51. The van der Waals surface area contributed by atoms with Crippen molar-refractivity contribution >= 4 is 40.7 Å². The molecule has 1 aliphatic carbocycles. The summed E-state index contributed by atoms with van der Waals surface area (Å²) in [5, 5.41) is 11.3. The Hall–Kier alpha value is -4.29. The van der Waals surface area contributed by atoms with Crippen LogP contribution in [0.5, 0.6) is 0 Å². The summed E-state index contributed by atoms with van der Waals surface area (Å²) in [5.41, 5.74) is 6.34. The Labute approximate surface area is 284 Å².